The van der Waals surface area contributed by atoms with E-state index in [1.807, 2.05) is 30.3 Å². The first kappa shape index (κ1) is 23.7. The maximum absolute atomic E-state index is 11.2. The van der Waals surface area contributed by atoms with E-state index in [1.54, 1.807) is 7.11 Å². The van der Waals surface area contributed by atoms with Gasteiger partial charge in [0.2, 0.25) is 0 Å². The Bertz CT molecular complexity index is 1470. The number of ether oxygens (including phenoxy) is 1. The molecular formula is C32H32N2O2. The summed E-state index contributed by atoms with van der Waals surface area (Å²) in [5.41, 5.74) is 9.17. The van der Waals surface area contributed by atoms with Crippen LogP contribution in [0.25, 0.3) is 33.3 Å². The summed E-state index contributed by atoms with van der Waals surface area (Å²) >= 11 is 0. The second-order valence-corrected chi connectivity index (χ2v) is 9.31. The predicted molar refractivity (Wildman–Crippen MR) is 150 cm³/mol. The molecule has 1 aromatic heterocycles. The number of anilines is 1. The van der Waals surface area contributed by atoms with E-state index in [1.165, 1.54) is 33.2 Å². The van der Waals surface area contributed by atoms with Crippen molar-refractivity contribution in [2.24, 2.45) is 0 Å². The average Bonchev–Trinajstić information content (AvgIpc) is 3.22. The van der Waals surface area contributed by atoms with E-state index in [9.17, 15) is 5.11 Å². The third-order valence-corrected chi connectivity index (χ3v) is 6.61. The lowest BCUT2D eigenvalue weighted by atomic mass is 9.97. The highest BCUT2D eigenvalue weighted by molar-refractivity contribution is 6.06. The number of nitrogens with one attached hydrogen (secondary N) is 1. The van der Waals surface area contributed by atoms with Crippen LogP contribution in [-0.4, -0.2) is 29.4 Å². The maximum Gasteiger partial charge on any atom is 0.120 e. The molecule has 1 unspecified atom stereocenters. The van der Waals surface area contributed by atoms with Crippen LogP contribution in [0.4, 0.5) is 5.69 Å². The fourth-order valence-corrected chi connectivity index (χ4v) is 5.10. The highest BCUT2D eigenvalue weighted by Crippen LogP contribution is 2.42. The zero-order valence-electron chi connectivity index (χ0n) is 21.0. The predicted octanol–water partition coefficient (Wildman–Crippen LogP) is 7.07. The number of nitrogens with zero attached hydrogens (tertiary/aromatic N) is 1. The first-order valence-electron chi connectivity index (χ1n) is 12.4. The number of hydrogen-bond acceptors (Lipinski definition) is 3. The molecule has 1 heterocycles. The van der Waals surface area contributed by atoms with E-state index in [0.29, 0.717) is 13.1 Å². The SMILES string of the molecule is COc1cccc(NCC(O)Cn2c(-c3ccccc3)c(-c3ccccc3)c3cc(C)cc(C)c32)c1. The van der Waals surface area contributed by atoms with Gasteiger partial charge in [-0.2, -0.15) is 0 Å². The number of aromatic nitrogens is 1. The fraction of sp³-hybridized carbons (Fsp3) is 0.188. The van der Waals surface area contributed by atoms with E-state index in [4.69, 9.17) is 4.74 Å². The molecule has 0 saturated heterocycles. The van der Waals surface area contributed by atoms with Crippen molar-refractivity contribution in [2.45, 2.75) is 26.5 Å². The smallest absolute Gasteiger partial charge is 0.120 e. The van der Waals surface area contributed by atoms with Crippen molar-refractivity contribution in [2.75, 3.05) is 19.0 Å². The van der Waals surface area contributed by atoms with Gasteiger partial charge >= 0.3 is 0 Å². The first-order chi connectivity index (χ1) is 17.5. The molecule has 4 nitrogen and oxygen atoms in total. The van der Waals surface area contributed by atoms with Gasteiger partial charge in [-0.05, 0) is 48.7 Å². The number of aliphatic hydroxyl groups excluding tert-OH is 1. The van der Waals surface area contributed by atoms with Crippen molar-refractivity contribution in [1.29, 1.82) is 0 Å². The summed E-state index contributed by atoms with van der Waals surface area (Å²) in [6.45, 7) is 5.20. The van der Waals surface area contributed by atoms with Crippen LogP contribution in [0.15, 0.2) is 97.1 Å². The van der Waals surface area contributed by atoms with E-state index in [-0.39, 0.29) is 0 Å². The van der Waals surface area contributed by atoms with Crippen molar-refractivity contribution in [3.05, 3.63) is 108 Å². The summed E-state index contributed by atoms with van der Waals surface area (Å²) in [6.07, 6.45) is -0.599. The summed E-state index contributed by atoms with van der Waals surface area (Å²) in [5.74, 6) is 0.788. The van der Waals surface area contributed by atoms with Crippen LogP contribution in [-0.2, 0) is 6.54 Å². The van der Waals surface area contributed by atoms with Gasteiger partial charge in [0, 0.05) is 29.2 Å². The van der Waals surface area contributed by atoms with Crippen molar-refractivity contribution >= 4 is 16.6 Å². The topological polar surface area (TPSA) is 46.4 Å². The zero-order chi connectivity index (χ0) is 25.1. The van der Waals surface area contributed by atoms with Crippen molar-refractivity contribution in [1.82, 2.24) is 4.57 Å². The van der Waals surface area contributed by atoms with E-state index < -0.39 is 6.10 Å². The van der Waals surface area contributed by atoms with Crippen molar-refractivity contribution < 1.29 is 9.84 Å². The minimum atomic E-state index is -0.599. The van der Waals surface area contributed by atoms with E-state index >= 15 is 0 Å². The first-order valence-corrected chi connectivity index (χ1v) is 12.4. The molecule has 0 bridgehead atoms. The van der Waals surface area contributed by atoms with Gasteiger partial charge in [-0.15, -0.1) is 0 Å². The zero-order valence-corrected chi connectivity index (χ0v) is 21.0. The Labute approximate surface area is 212 Å². The molecule has 36 heavy (non-hydrogen) atoms. The van der Waals surface area contributed by atoms with Crippen LogP contribution >= 0.6 is 0 Å². The second-order valence-electron chi connectivity index (χ2n) is 9.31. The summed E-state index contributed by atoms with van der Waals surface area (Å²) in [5, 5.41) is 15.8. The van der Waals surface area contributed by atoms with Gasteiger partial charge in [0.15, 0.2) is 0 Å². The Morgan fingerprint density at radius 2 is 1.53 bits per heavy atom. The van der Waals surface area contributed by atoms with Crippen LogP contribution in [0.5, 0.6) is 5.75 Å². The summed E-state index contributed by atoms with van der Waals surface area (Å²) in [6, 6.07) is 33.3. The van der Waals surface area contributed by atoms with Gasteiger partial charge in [0.1, 0.15) is 5.75 Å². The Hall–Kier alpha value is -4.02. The average molecular weight is 477 g/mol. The molecule has 1 atom stereocenters. The molecule has 0 aliphatic rings. The number of hydrogen-bond donors (Lipinski definition) is 2. The van der Waals surface area contributed by atoms with Crippen LogP contribution in [0.3, 0.4) is 0 Å². The van der Waals surface area contributed by atoms with Crippen molar-refractivity contribution in [3.63, 3.8) is 0 Å². The molecule has 4 heteroatoms. The Kier molecular flexibility index (Phi) is 6.79. The molecular weight excluding hydrogens is 444 g/mol. The number of aliphatic hydroxyl groups is 1. The molecule has 182 valence electrons. The molecule has 0 aliphatic heterocycles. The molecule has 0 aliphatic carbocycles. The lowest BCUT2D eigenvalue weighted by molar-refractivity contribution is 0.169. The third kappa shape index (κ3) is 4.73. The molecule has 0 saturated carbocycles. The van der Waals surface area contributed by atoms with E-state index in [0.717, 1.165) is 22.7 Å². The molecule has 0 amide bonds. The Balaban J connectivity index is 1.62. The Morgan fingerprint density at radius 1 is 0.833 bits per heavy atom. The van der Waals surface area contributed by atoms with E-state index in [2.05, 4.69) is 90.5 Å². The lowest BCUT2D eigenvalue weighted by Gasteiger charge is -2.19. The Morgan fingerprint density at radius 3 is 2.22 bits per heavy atom. The summed E-state index contributed by atoms with van der Waals surface area (Å²) in [7, 11) is 1.66. The minimum absolute atomic E-state index is 0.423. The number of rotatable bonds is 8. The van der Waals surface area contributed by atoms with Crippen LogP contribution in [0, 0.1) is 13.8 Å². The quantitative estimate of drug-likeness (QED) is 0.252. The summed E-state index contributed by atoms with van der Waals surface area (Å²) < 4.78 is 7.64. The van der Waals surface area contributed by atoms with Crippen LogP contribution < -0.4 is 10.1 Å². The summed E-state index contributed by atoms with van der Waals surface area (Å²) in [4.78, 5) is 0. The van der Waals surface area contributed by atoms with Gasteiger partial charge in [-0.3, -0.25) is 0 Å². The fourth-order valence-electron chi connectivity index (χ4n) is 5.10. The standard InChI is InChI=1S/C32H32N2O2/c1-22-17-23(2)31-29(18-22)30(24-11-6-4-7-12-24)32(25-13-8-5-9-14-25)34(31)21-27(35)20-33-26-15-10-16-28(19-26)36-3/h4-19,27,33,35H,20-21H2,1-3H3. The maximum atomic E-state index is 11.2. The van der Waals surface area contributed by atoms with Crippen molar-refractivity contribution in [3.8, 4) is 28.1 Å². The van der Waals surface area contributed by atoms with Gasteiger partial charge in [0.05, 0.1) is 31.0 Å². The van der Waals surface area contributed by atoms with Crippen LogP contribution in [0.2, 0.25) is 0 Å². The van der Waals surface area contributed by atoms with Gasteiger partial charge in [-0.25, -0.2) is 0 Å². The molecule has 0 spiro atoms. The number of benzene rings is 4. The van der Waals surface area contributed by atoms with Gasteiger partial charge in [-0.1, -0.05) is 78.4 Å². The minimum Gasteiger partial charge on any atom is -0.497 e. The third-order valence-electron chi connectivity index (χ3n) is 6.61. The van der Waals surface area contributed by atoms with Crippen LogP contribution in [0.1, 0.15) is 11.1 Å². The highest BCUT2D eigenvalue weighted by Gasteiger charge is 2.23. The highest BCUT2D eigenvalue weighted by atomic mass is 16.5. The monoisotopic (exact) mass is 476 g/mol. The van der Waals surface area contributed by atoms with Gasteiger partial charge < -0.3 is 19.7 Å². The molecule has 2 N–H and O–H groups in total. The lowest BCUT2D eigenvalue weighted by Crippen LogP contribution is -2.25. The molecule has 0 radical (unpaired) electrons. The molecule has 5 rings (SSSR count). The number of methoxy groups -OCH3 is 1. The molecule has 4 aromatic carbocycles. The number of fused-ring (bicyclic) bond motifs is 1. The molecule has 5 aromatic rings. The second kappa shape index (κ2) is 10.3. The largest absolute Gasteiger partial charge is 0.497 e. The normalized spacial score (nSPS) is 12.0. The van der Waals surface area contributed by atoms with Gasteiger partial charge in [0.25, 0.3) is 0 Å². The molecule has 0 fully saturated rings. The number of aryl methyl sites for hydroxylation is 2.